The molecule has 1 amide bonds. The van der Waals surface area contributed by atoms with E-state index in [1.807, 2.05) is 0 Å². The molecule has 21 heavy (non-hydrogen) atoms. The van der Waals surface area contributed by atoms with Crippen LogP contribution in [0.4, 0.5) is 0 Å². The van der Waals surface area contributed by atoms with Crippen molar-refractivity contribution in [3.63, 3.8) is 0 Å². The summed E-state index contributed by atoms with van der Waals surface area (Å²) in [5, 5.41) is 0.404. The summed E-state index contributed by atoms with van der Waals surface area (Å²) < 4.78 is 26.7. The van der Waals surface area contributed by atoms with Crippen LogP contribution in [-0.2, 0) is 20.6 Å². The fraction of sp³-hybridized carbons (Fsp3) is 0.500. The zero-order valence-corrected chi connectivity index (χ0v) is 13.5. The second-order valence-corrected chi connectivity index (χ2v) is 7.38. The van der Waals surface area contributed by atoms with Crippen molar-refractivity contribution in [3.8, 4) is 0 Å². The van der Waals surface area contributed by atoms with Gasteiger partial charge in [-0.1, -0.05) is 29.8 Å². The SMILES string of the molecule is C[C@@H](NS(=O)(=O)Cc1ccccc1Cl)C(=O)N1CCCC1. The number of nitrogens with zero attached hydrogens (tertiary/aromatic N) is 1. The first kappa shape index (κ1) is 16.3. The Hall–Kier alpha value is -1.11. The lowest BCUT2D eigenvalue weighted by atomic mass is 10.2. The predicted molar refractivity (Wildman–Crippen MR) is 82.5 cm³/mol. The van der Waals surface area contributed by atoms with E-state index in [0.717, 1.165) is 12.8 Å². The van der Waals surface area contributed by atoms with Gasteiger partial charge in [-0.2, -0.15) is 0 Å². The van der Waals surface area contributed by atoms with Crippen LogP contribution in [0.2, 0.25) is 5.02 Å². The minimum absolute atomic E-state index is 0.171. The van der Waals surface area contributed by atoms with Crippen molar-refractivity contribution < 1.29 is 13.2 Å². The first-order chi connectivity index (χ1) is 9.89. The molecule has 0 bridgehead atoms. The summed E-state index contributed by atoms with van der Waals surface area (Å²) in [5.41, 5.74) is 0.521. The van der Waals surface area contributed by atoms with Crippen LogP contribution in [0.5, 0.6) is 0 Å². The fourth-order valence-electron chi connectivity index (χ4n) is 2.39. The third-order valence-corrected chi connectivity index (χ3v) is 5.22. The highest BCUT2D eigenvalue weighted by Gasteiger charge is 2.26. The van der Waals surface area contributed by atoms with E-state index in [0.29, 0.717) is 23.7 Å². The molecule has 2 rings (SSSR count). The molecule has 1 aliphatic heterocycles. The van der Waals surface area contributed by atoms with E-state index in [1.165, 1.54) is 0 Å². The normalized spacial score (nSPS) is 17.0. The molecule has 1 aromatic rings. The van der Waals surface area contributed by atoms with Gasteiger partial charge in [0.05, 0.1) is 11.8 Å². The van der Waals surface area contributed by atoms with E-state index in [-0.39, 0.29) is 11.7 Å². The van der Waals surface area contributed by atoms with Gasteiger partial charge in [-0.15, -0.1) is 0 Å². The molecule has 1 atom stereocenters. The van der Waals surface area contributed by atoms with Crippen LogP contribution >= 0.6 is 11.6 Å². The molecule has 0 spiro atoms. The molecular weight excluding hydrogens is 312 g/mol. The molecule has 1 N–H and O–H groups in total. The quantitative estimate of drug-likeness (QED) is 0.894. The van der Waals surface area contributed by atoms with Gasteiger partial charge in [0.1, 0.15) is 0 Å². The van der Waals surface area contributed by atoms with Crippen LogP contribution in [0.1, 0.15) is 25.3 Å². The predicted octanol–water partition coefficient (Wildman–Crippen LogP) is 1.77. The van der Waals surface area contributed by atoms with Crippen LogP contribution in [-0.4, -0.2) is 38.4 Å². The maximum absolute atomic E-state index is 12.1. The molecule has 116 valence electrons. The van der Waals surface area contributed by atoms with Crippen molar-refractivity contribution >= 4 is 27.5 Å². The highest BCUT2D eigenvalue weighted by atomic mass is 35.5. The van der Waals surface area contributed by atoms with Gasteiger partial charge in [-0.3, -0.25) is 4.79 Å². The number of likely N-dealkylation sites (tertiary alicyclic amines) is 1. The van der Waals surface area contributed by atoms with Crippen molar-refractivity contribution in [2.75, 3.05) is 13.1 Å². The molecule has 1 heterocycles. The number of hydrogen-bond acceptors (Lipinski definition) is 3. The molecule has 1 saturated heterocycles. The Morgan fingerprint density at radius 3 is 2.57 bits per heavy atom. The number of sulfonamides is 1. The Labute approximate surface area is 130 Å². The Morgan fingerprint density at radius 2 is 1.95 bits per heavy atom. The van der Waals surface area contributed by atoms with E-state index < -0.39 is 16.1 Å². The van der Waals surface area contributed by atoms with Crippen LogP contribution in [0.25, 0.3) is 0 Å². The number of hydrogen-bond donors (Lipinski definition) is 1. The number of halogens is 1. The molecule has 0 aromatic heterocycles. The Balaban J connectivity index is 2.00. The van der Waals surface area contributed by atoms with Crippen molar-refractivity contribution in [3.05, 3.63) is 34.9 Å². The number of rotatable bonds is 5. The van der Waals surface area contributed by atoms with E-state index in [4.69, 9.17) is 11.6 Å². The average Bonchev–Trinajstić information content (AvgIpc) is 2.93. The Morgan fingerprint density at radius 1 is 1.33 bits per heavy atom. The lowest BCUT2D eigenvalue weighted by molar-refractivity contribution is -0.131. The molecule has 0 unspecified atom stereocenters. The molecule has 0 aliphatic carbocycles. The van der Waals surface area contributed by atoms with E-state index in [2.05, 4.69) is 4.72 Å². The number of carbonyl (C=O) groups is 1. The van der Waals surface area contributed by atoms with Crippen LogP contribution in [0, 0.1) is 0 Å². The lowest BCUT2D eigenvalue weighted by Gasteiger charge is -2.21. The molecule has 0 radical (unpaired) electrons. The standard InChI is InChI=1S/C14H19ClN2O3S/c1-11(14(18)17-8-4-5-9-17)16-21(19,20)10-12-6-2-3-7-13(12)15/h2-3,6-7,11,16H,4-5,8-10H2,1H3/t11-/m1/s1. The largest absolute Gasteiger partial charge is 0.341 e. The highest BCUT2D eigenvalue weighted by molar-refractivity contribution is 7.88. The Bertz CT molecular complexity index is 612. The number of amides is 1. The van der Waals surface area contributed by atoms with Crippen LogP contribution < -0.4 is 4.72 Å². The zero-order valence-electron chi connectivity index (χ0n) is 11.9. The fourth-order valence-corrected chi connectivity index (χ4v) is 4.06. The Kier molecular flexibility index (Phi) is 5.24. The van der Waals surface area contributed by atoms with Gasteiger partial charge >= 0.3 is 0 Å². The summed E-state index contributed by atoms with van der Waals surface area (Å²) in [6.45, 7) is 2.98. The first-order valence-electron chi connectivity index (χ1n) is 6.91. The van der Waals surface area contributed by atoms with Gasteiger partial charge in [0, 0.05) is 18.1 Å². The average molecular weight is 331 g/mol. The maximum atomic E-state index is 12.1. The number of nitrogens with one attached hydrogen (secondary N) is 1. The molecule has 1 aromatic carbocycles. The summed E-state index contributed by atoms with van der Waals surface area (Å²) in [6.07, 6.45) is 1.95. The molecule has 7 heteroatoms. The van der Waals surface area contributed by atoms with E-state index in [1.54, 1.807) is 36.1 Å². The molecule has 1 aliphatic rings. The topological polar surface area (TPSA) is 66.5 Å². The molecule has 0 saturated carbocycles. The summed E-state index contributed by atoms with van der Waals surface area (Å²) in [4.78, 5) is 13.8. The lowest BCUT2D eigenvalue weighted by Crippen LogP contribution is -2.46. The second-order valence-electron chi connectivity index (χ2n) is 5.22. The van der Waals surface area contributed by atoms with Crippen LogP contribution in [0.3, 0.4) is 0 Å². The van der Waals surface area contributed by atoms with Crippen LogP contribution in [0.15, 0.2) is 24.3 Å². The zero-order chi connectivity index (χ0) is 15.5. The van der Waals surface area contributed by atoms with Crippen molar-refractivity contribution in [1.29, 1.82) is 0 Å². The smallest absolute Gasteiger partial charge is 0.240 e. The third kappa shape index (κ3) is 4.43. The minimum atomic E-state index is -3.61. The van der Waals surface area contributed by atoms with E-state index >= 15 is 0 Å². The number of carbonyl (C=O) groups excluding carboxylic acids is 1. The van der Waals surface area contributed by atoms with Crippen molar-refractivity contribution in [2.45, 2.75) is 31.6 Å². The van der Waals surface area contributed by atoms with Gasteiger partial charge in [0.15, 0.2) is 0 Å². The number of benzene rings is 1. The van der Waals surface area contributed by atoms with Gasteiger partial charge in [0.25, 0.3) is 0 Å². The first-order valence-corrected chi connectivity index (χ1v) is 8.94. The summed E-state index contributed by atoms with van der Waals surface area (Å²) in [7, 11) is -3.61. The van der Waals surface area contributed by atoms with Gasteiger partial charge in [0.2, 0.25) is 15.9 Å². The van der Waals surface area contributed by atoms with Gasteiger partial charge < -0.3 is 4.90 Å². The monoisotopic (exact) mass is 330 g/mol. The second kappa shape index (κ2) is 6.77. The summed E-state index contributed by atoms with van der Waals surface area (Å²) in [5.74, 6) is -0.403. The minimum Gasteiger partial charge on any atom is -0.341 e. The maximum Gasteiger partial charge on any atom is 0.240 e. The van der Waals surface area contributed by atoms with Crippen molar-refractivity contribution in [1.82, 2.24) is 9.62 Å². The molecule has 1 fully saturated rings. The molecule has 5 nitrogen and oxygen atoms in total. The van der Waals surface area contributed by atoms with Gasteiger partial charge in [-0.25, -0.2) is 13.1 Å². The third-order valence-electron chi connectivity index (χ3n) is 3.45. The summed E-state index contributed by atoms with van der Waals surface area (Å²) in [6, 6.07) is 6.02. The summed E-state index contributed by atoms with van der Waals surface area (Å²) >= 11 is 5.97. The van der Waals surface area contributed by atoms with E-state index in [9.17, 15) is 13.2 Å². The molecular formula is C14H19ClN2O3S. The van der Waals surface area contributed by atoms with Crippen molar-refractivity contribution in [2.24, 2.45) is 0 Å². The highest BCUT2D eigenvalue weighted by Crippen LogP contribution is 2.17. The van der Waals surface area contributed by atoms with Gasteiger partial charge in [-0.05, 0) is 31.4 Å².